The first kappa shape index (κ1) is 14.8. The molecular formula is C17H14FNO2S. The standard InChI is InChI=1S/C17H14FNO2S/c18-13-3-1-12(2-4-13)11-22-15-7-5-14(6-8-15)19-16(20)9-10-17(19)21/h1-8H,9-11H2. The monoisotopic (exact) mass is 315 g/mol. The molecule has 3 nitrogen and oxygen atoms in total. The van der Waals surface area contributed by atoms with Gasteiger partial charge in [-0.2, -0.15) is 0 Å². The van der Waals surface area contributed by atoms with Crippen LogP contribution in [-0.4, -0.2) is 11.8 Å². The fourth-order valence-electron chi connectivity index (χ4n) is 2.30. The zero-order valence-corrected chi connectivity index (χ0v) is 12.6. The molecule has 1 saturated heterocycles. The van der Waals surface area contributed by atoms with Crippen molar-refractivity contribution in [3.05, 3.63) is 59.9 Å². The lowest BCUT2D eigenvalue weighted by Crippen LogP contribution is -2.28. The van der Waals surface area contributed by atoms with E-state index in [4.69, 9.17) is 0 Å². The summed E-state index contributed by atoms with van der Waals surface area (Å²) in [4.78, 5) is 25.6. The van der Waals surface area contributed by atoms with Crippen molar-refractivity contribution in [2.75, 3.05) is 4.90 Å². The van der Waals surface area contributed by atoms with Crippen molar-refractivity contribution in [2.45, 2.75) is 23.5 Å². The van der Waals surface area contributed by atoms with Crippen molar-refractivity contribution in [3.63, 3.8) is 0 Å². The number of halogens is 1. The Morgan fingerprint density at radius 2 is 1.50 bits per heavy atom. The molecule has 2 aromatic rings. The number of thioether (sulfide) groups is 1. The third-order valence-corrected chi connectivity index (χ3v) is 4.55. The molecule has 0 aromatic heterocycles. The lowest BCUT2D eigenvalue weighted by atomic mass is 10.2. The third kappa shape index (κ3) is 3.20. The minimum absolute atomic E-state index is 0.142. The summed E-state index contributed by atoms with van der Waals surface area (Å²) in [6.07, 6.45) is 0.583. The number of nitrogens with zero attached hydrogens (tertiary/aromatic N) is 1. The predicted molar refractivity (Wildman–Crippen MR) is 84.1 cm³/mol. The molecule has 0 spiro atoms. The summed E-state index contributed by atoms with van der Waals surface area (Å²) in [5.41, 5.74) is 1.67. The van der Waals surface area contributed by atoms with Gasteiger partial charge < -0.3 is 0 Å². The van der Waals surface area contributed by atoms with Crippen molar-refractivity contribution < 1.29 is 14.0 Å². The molecule has 112 valence electrons. The van der Waals surface area contributed by atoms with Gasteiger partial charge in [-0.25, -0.2) is 4.39 Å². The molecule has 0 atom stereocenters. The highest BCUT2D eigenvalue weighted by atomic mass is 32.2. The van der Waals surface area contributed by atoms with Crippen LogP contribution < -0.4 is 4.90 Å². The molecule has 1 aliphatic heterocycles. The van der Waals surface area contributed by atoms with Crippen LogP contribution in [0.1, 0.15) is 18.4 Å². The third-order valence-electron chi connectivity index (χ3n) is 3.47. The van der Waals surface area contributed by atoms with Crippen molar-refractivity contribution in [2.24, 2.45) is 0 Å². The second-order valence-electron chi connectivity index (χ2n) is 5.03. The minimum atomic E-state index is -0.238. The Labute approximate surface area is 132 Å². The van der Waals surface area contributed by atoms with E-state index in [1.54, 1.807) is 36.0 Å². The molecule has 0 N–H and O–H groups in total. The molecule has 0 radical (unpaired) electrons. The molecule has 2 aromatic carbocycles. The van der Waals surface area contributed by atoms with Gasteiger partial charge in [0, 0.05) is 23.5 Å². The van der Waals surface area contributed by atoms with E-state index in [2.05, 4.69) is 0 Å². The number of amides is 2. The minimum Gasteiger partial charge on any atom is -0.274 e. The Morgan fingerprint density at radius 1 is 0.909 bits per heavy atom. The summed E-state index contributed by atoms with van der Waals surface area (Å²) in [7, 11) is 0. The maximum absolute atomic E-state index is 12.8. The summed E-state index contributed by atoms with van der Waals surface area (Å²) < 4.78 is 12.8. The van der Waals surface area contributed by atoms with Gasteiger partial charge in [0.2, 0.25) is 11.8 Å². The number of imide groups is 1. The van der Waals surface area contributed by atoms with Crippen LogP contribution in [0.15, 0.2) is 53.4 Å². The van der Waals surface area contributed by atoms with Crippen LogP contribution in [0.3, 0.4) is 0 Å². The van der Waals surface area contributed by atoms with E-state index in [0.29, 0.717) is 18.5 Å². The van der Waals surface area contributed by atoms with Gasteiger partial charge in [-0.15, -0.1) is 11.8 Å². The largest absolute Gasteiger partial charge is 0.274 e. The molecule has 3 rings (SSSR count). The van der Waals surface area contributed by atoms with E-state index in [0.717, 1.165) is 16.2 Å². The van der Waals surface area contributed by atoms with Crippen molar-refractivity contribution in [1.82, 2.24) is 0 Å². The Hall–Kier alpha value is -2.14. The first-order valence-electron chi connectivity index (χ1n) is 6.96. The highest BCUT2D eigenvalue weighted by molar-refractivity contribution is 7.98. The fraction of sp³-hybridized carbons (Fsp3) is 0.176. The van der Waals surface area contributed by atoms with Crippen LogP contribution in [-0.2, 0) is 15.3 Å². The van der Waals surface area contributed by atoms with Gasteiger partial charge in [-0.3, -0.25) is 14.5 Å². The Balaban J connectivity index is 1.65. The van der Waals surface area contributed by atoms with Gasteiger partial charge in [-0.05, 0) is 42.0 Å². The van der Waals surface area contributed by atoms with E-state index < -0.39 is 0 Å². The molecule has 0 bridgehead atoms. The number of hydrogen-bond acceptors (Lipinski definition) is 3. The van der Waals surface area contributed by atoms with E-state index >= 15 is 0 Å². The van der Waals surface area contributed by atoms with Crippen LogP contribution in [0, 0.1) is 5.82 Å². The van der Waals surface area contributed by atoms with Crippen LogP contribution in [0.2, 0.25) is 0 Å². The van der Waals surface area contributed by atoms with Gasteiger partial charge in [0.15, 0.2) is 0 Å². The fourth-order valence-corrected chi connectivity index (χ4v) is 3.16. The molecule has 22 heavy (non-hydrogen) atoms. The summed E-state index contributed by atoms with van der Waals surface area (Å²) in [5, 5.41) is 0. The molecule has 1 aliphatic rings. The molecule has 0 aliphatic carbocycles. The summed E-state index contributed by atoms with van der Waals surface area (Å²) in [5.74, 6) is 0.216. The number of rotatable bonds is 4. The number of hydrogen-bond donors (Lipinski definition) is 0. The van der Waals surface area contributed by atoms with Crippen LogP contribution >= 0.6 is 11.8 Å². The second kappa shape index (κ2) is 6.32. The van der Waals surface area contributed by atoms with Crippen molar-refractivity contribution >= 4 is 29.3 Å². The van der Waals surface area contributed by atoms with E-state index in [1.165, 1.54) is 17.0 Å². The lowest BCUT2D eigenvalue weighted by molar-refractivity contribution is -0.121. The lowest BCUT2D eigenvalue weighted by Gasteiger charge is -2.14. The molecule has 0 saturated carbocycles. The van der Waals surface area contributed by atoms with Crippen LogP contribution in [0.25, 0.3) is 0 Å². The SMILES string of the molecule is O=C1CCC(=O)N1c1ccc(SCc2ccc(F)cc2)cc1. The maximum Gasteiger partial charge on any atom is 0.234 e. The van der Waals surface area contributed by atoms with E-state index in [-0.39, 0.29) is 17.6 Å². The smallest absolute Gasteiger partial charge is 0.234 e. The maximum atomic E-state index is 12.8. The van der Waals surface area contributed by atoms with E-state index in [1.807, 2.05) is 12.1 Å². The van der Waals surface area contributed by atoms with Gasteiger partial charge >= 0.3 is 0 Å². The molecule has 0 unspecified atom stereocenters. The van der Waals surface area contributed by atoms with Crippen molar-refractivity contribution in [3.8, 4) is 0 Å². The van der Waals surface area contributed by atoms with Crippen LogP contribution in [0.5, 0.6) is 0 Å². The predicted octanol–water partition coefficient (Wildman–Crippen LogP) is 3.77. The van der Waals surface area contributed by atoms with Gasteiger partial charge in [0.25, 0.3) is 0 Å². The Morgan fingerprint density at radius 3 is 2.09 bits per heavy atom. The second-order valence-corrected chi connectivity index (χ2v) is 6.08. The summed E-state index contributed by atoms with van der Waals surface area (Å²) >= 11 is 1.62. The number of carbonyl (C=O) groups excluding carboxylic acids is 2. The molecule has 2 amide bonds. The molecule has 1 fully saturated rings. The van der Waals surface area contributed by atoms with Crippen molar-refractivity contribution in [1.29, 1.82) is 0 Å². The zero-order chi connectivity index (χ0) is 15.5. The highest BCUT2D eigenvalue weighted by Gasteiger charge is 2.29. The van der Waals surface area contributed by atoms with Crippen LogP contribution in [0.4, 0.5) is 10.1 Å². The average Bonchev–Trinajstić information content (AvgIpc) is 2.86. The molecule has 1 heterocycles. The normalized spacial score (nSPS) is 14.7. The Bertz CT molecular complexity index is 682. The molecule has 5 heteroatoms. The average molecular weight is 315 g/mol. The number of anilines is 1. The van der Waals surface area contributed by atoms with Gasteiger partial charge in [0.05, 0.1) is 5.69 Å². The quantitative estimate of drug-likeness (QED) is 0.636. The van der Waals surface area contributed by atoms with Gasteiger partial charge in [0.1, 0.15) is 5.82 Å². The summed E-state index contributed by atoms with van der Waals surface area (Å²) in [6, 6.07) is 13.8. The van der Waals surface area contributed by atoms with E-state index in [9.17, 15) is 14.0 Å². The number of benzene rings is 2. The molecular weight excluding hydrogens is 301 g/mol. The zero-order valence-electron chi connectivity index (χ0n) is 11.8. The van der Waals surface area contributed by atoms with Gasteiger partial charge in [-0.1, -0.05) is 12.1 Å². The first-order chi connectivity index (χ1) is 10.6. The Kier molecular flexibility index (Phi) is 4.24. The first-order valence-corrected chi connectivity index (χ1v) is 7.95. The highest BCUT2D eigenvalue weighted by Crippen LogP contribution is 2.27. The topological polar surface area (TPSA) is 37.4 Å². The number of carbonyl (C=O) groups is 2. The summed E-state index contributed by atoms with van der Waals surface area (Å²) in [6.45, 7) is 0.